The van der Waals surface area contributed by atoms with Crippen LogP contribution in [0.4, 0.5) is 0 Å². The Kier molecular flexibility index (Phi) is 5.34. The molecule has 0 aromatic carbocycles. The van der Waals surface area contributed by atoms with Crippen LogP contribution in [-0.4, -0.2) is 37.0 Å². The Hall–Kier alpha value is -1.17. The van der Waals surface area contributed by atoms with Crippen molar-refractivity contribution in [1.82, 2.24) is 10.2 Å². The van der Waals surface area contributed by atoms with Crippen molar-refractivity contribution in [2.75, 3.05) is 26.2 Å². The quantitative estimate of drug-likeness (QED) is 0.459. The van der Waals surface area contributed by atoms with E-state index in [4.69, 9.17) is 6.42 Å². The third kappa shape index (κ3) is 3.39. The molecule has 0 radical (unpaired) electrons. The Labute approximate surface area is 106 Å². The molecule has 0 aromatic rings. The summed E-state index contributed by atoms with van der Waals surface area (Å²) < 4.78 is 0. The first-order valence-corrected chi connectivity index (χ1v) is 6.68. The molecule has 0 atom stereocenters. The van der Waals surface area contributed by atoms with Crippen LogP contribution in [0.3, 0.4) is 0 Å². The van der Waals surface area contributed by atoms with Gasteiger partial charge in [-0.25, -0.2) is 4.99 Å². The molecular formula is C14H25N3. The number of hydrogen-bond acceptors (Lipinski definition) is 1. The standard InChI is InChI=1S/C14H25N3/c1-5-10-16-13(15-8-4)17-11-9-14(6-2,7-3)12-17/h1H,6-12H2,2-4H3,(H,15,16). The van der Waals surface area contributed by atoms with Crippen LogP contribution >= 0.6 is 0 Å². The van der Waals surface area contributed by atoms with Crippen molar-refractivity contribution < 1.29 is 0 Å². The van der Waals surface area contributed by atoms with Crippen LogP contribution in [0, 0.1) is 17.8 Å². The van der Waals surface area contributed by atoms with E-state index in [0.717, 1.165) is 25.6 Å². The third-order valence-corrected chi connectivity index (χ3v) is 3.89. The zero-order chi connectivity index (χ0) is 12.7. The SMILES string of the molecule is C#CCN=C(NCC)N1CCC(CC)(CC)C1. The van der Waals surface area contributed by atoms with Crippen LogP contribution in [0.5, 0.6) is 0 Å². The van der Waals surface area contributed by atoms with E-state index in [0.29, 0.717) is 12.0 Å². The van der Waals surface area contributed by atoms with Gasteiger partial charge >= 0.3 is 0 Å². The number of aliphatic imine (C=N–C) groups is 1. The number of nitrogens with zero attached hydrogens (tertiary/aromatic N) is 2. The van der Waals surface area contributed by atoms with E-state index in [9.17, 15) is 0 Å². The van der Waals surface area contributed by atoms with Gasteiger partial charge in [-0.05, 0) is 31.6 Å². The maximum atomic E-state index is 5.27. The average Bonchev–Trinajstić information content (AvgIpc) is 2.79. The summed E-state index contributed by atoms with van der Waals surface area (Å²) >= 11 is 0. The van der Waals surface area contributed by atoms with Gasteiger partial charge in [0, 0.05) is 19.6 Å². The minimum Gasteiger partial charge on any atom is -0.356 e. The highest BCUT2D eigenvalue weighted by atomic mass is 15.3. The lowest BCUT2D eigenvalue weighted by Gasteiger charge is -2.27. The van der Waals surface area contributed by atoms with Gasteiger partial charge in [-0.2, -0.15) is 0 Å². The lowest BCUT2D eigenvalue weighted by Crippen LogP contribution is -2.41. The van der Waals surface area contributed by atoms with Gasteiger partial charge in [0.25, 0.3) is 0 Å². The van der Waals surface area contributed by atoms with Crippen molar-refractivity contribution in [2.24, 2.45) is 10.4 Å². The molecule has 0 spiro atoms. The predicted octanol–water partition coefficient (Wildman–Crippen LogP) is 2.10. The largest absolute Gasteiger partial charge is 0.356 e. The fourth-order valence-electron chi connectivity index (χ4n) is 2.49. The van der Waals surface area contributed by atoms with Crippen molar-refractivity contribution >= 4 is 5.96 Å². The Morgan fingerprint density at radius 3 is 2.59 bits per heavy atom. The van der Waals surface area contributed by atoms with Gasteiger partial charge in [-0.15, -0.1) is 6.42 Å². The van der Waals surface area contributed by atoms with E-state index < -0.39 is 0 Å². The van der Waals surface area contributed by atoms with Gasteiger partial charge in [0.15, 0.2) is 5.96 Å². The summed E-state index contributed by atoms with van der Waals surface area (Å²) in [5.41, 5.74) is 0.479. The minimum absolute atomic E-state index is 0.462. The van der Waals surface area contributed by atoms with Gasteiger partial charge in [-0.3, -0.25) is 0 Å². The van der Waals surface area contributed by atoms with Crippen molar-refractivity contribution in [1.29, 1.82) is 0 Å². The summed E-state index contributed by atoms with van der Waals surface area (Å²) in [5, 5.41) is 3.33. The minimum atomic E-state index is 0.462. The molecule has 17 heavy (non-hydrogen) atoms. The van der Waals surface area contributed by atoms with Crippen molar-refractivity contribution in [3.63, 3.8) is 0 Å². The molecule has 96 valence electrons. The van der Waals surface area contributed by atoms with E-state index in [1.54, 1.807) is 0 Å². The first kappa shape index (κ1) is 13.9. The molecule has 1 aliphatic rings. The first-order chi connectivity index (χ1) is 8.21. The zero-order valence-electron chi connectivity index (χ0n) is 11.4. The van der Waals surface area contributed by atoms with E-state index in [2.05, 4.69) is 41.9 Å². The highest BCUT2D eigenvalue weighted by molar-refractivity contribution is 5.80. The fourth-order valence-corrected chi connectivity index (χ4v) is 2.49. The molecule has 0 saturated carbocycles. The van der Waals surface area contributed by atoms with Crippen molar-refractivity contribution in [2.45, 2.75) is 40.0 Å². The second-order valence-electron chi connectivity index (χ2n) is 4.75. The predicted molar refractivity (Wildman–Crippen MR) is 74.0 cm³/mol. The number of terminal acetylenes is 1. The Balaban J connectivity index is 2.69. The highest BCUT2D eigenvalue weighted by Crippen LogP contribution is 2.36. The number of rotatable bonds is 4. The van der Waals surface area contributed by atoms with Crippen molar-refractivity contribution in [3.05, 3.63) is 0 Å². The highest BCUT2D eigenvalue weighted by Gasteiger charge is 2.36. The molecule has 3 heteroatoms. The molecule has 1 fully saturated rings. The Morgan fingerprint density at radius 1 is 1.41 bits per heavy atom. The molecule has 1 N–H and O–H groups in total. The summed E-state index contributed by atoms with van der Waals surface area (Å²) in [4.78, 5) is 6.80. The topological polar surface area (TPSA) is 27.6 Å². The van der Waals surface area contributed by atoms with Gasteiger partial charge in [-0.1, -0.05) is 19.8 Å². The van der Waals surface area contributed by atoms with Crippen LogP contribution in [-0.2, 0) is 0 Å². The zero-order valence-corrected chi connectivity index (χ0v) is 11.4. The van der Waals surface area contributed by atoms with Crippen LogP contribution in [0.1, 0.15) is 40.0 Å². The summed E-state index contributed by atoms with van der Waals surface area (Å²) in [7, 11) is 0. The van der Waals surface area contributed by atoms with Crippen LogP contribution in [0.15, 0.2) is 4.99 Å². The molecule has 1 aliphatic heterocycles. The smallest absolute Gasteiger partial charge is 0.194 e. The number of likely N-dealkylation sites (tertiary alicyclic amines) is 1. The molecule has 0 bridgehead atoms. The summed E-state index contributed by atoms with van der Waals surface area (Å²) in [6.45, 7) is 10.2. The molecule has 3 nitrogen and oxygen atoms in total. The van der Waals surface area contributed by atoms with Crippen LogP contribution < -0.4 is 5.32 Å². The lowest BCUT2D eigenvalue weighted by molar-refractivity contribution is 0.276. The molecule has 1 heterocycles. The van der Waals surface area contributed by atoms with E-state index in [-0.39, 0.29) is 0 Å². The van der Waals surface area contributed by atoms with Crippen molar-refractivity contribution in [3.8, 4) is 12.3 Å². The summed E-state index contributed by atoms with van der Waals surface area (Å²) in [5.74, 6) is 3.56. The second kappa shape index (κ2) is 6.54. The summed E-state index contributed by atoms with van der Waals surface area (Å²) in [6.07, 6.45) is 9.03. The normalized spacial score (nSPS) is 19.2. The third-order valence-electron chi connectivity index (χ3n) is 3.89. The van der Waals surface area contributed by atoms with Gasteiger partial charge < -0.3 is 10.2 Å². The molecule has 1 rings (SSSR count). The maximum Gasteiger partial charge on any atom is 0.194 e. The summed E-state index contributed by atoms with van der Waals surface area (Å²) in [6, 6.07) is 0. The monoisotopic (exact) mass is 235 g/mol. The second-order valence-corrected chi connectivity index (χ2v) is 4.75. The van der Waals surface area contributed by atoms with Gasteiger partial charge in [0.1, 0.15) is 6.54 Å². The number of hydrogen-bond donors (Lipinski definition) is 1. The number of nitrogens with one attached hydrogen (secondary N) is 1. The molecular weight excluding hydrogens is 210 g/mol. The van der Waals surface area contributed by atoms with Crippen LogP contribution in [0.25, 0.3) is 0 Å². The Bertz CT molecular complexity index is 297. The fraction of sp³-hybridized carbons (Fsp3) is 0.786. The molecule has 0 amide bonds. The Morgan fingerprint density at radius 2 is 2.12 bits per heavy atom. The average molecular weight is 235 g/mol. The molecule has 0 unspecified atom stereocenters. The van der Waals surface area contributed by atoms with Crippen LogP contribution in [0.2, 0.25) is 0 Å². The number of guanidine groups is 1. The van der Waals surface area contributed by atoms with Gasteiger partial charge in [0.05, 0.1) is 0 Å². The van der Waals surface area contributed by atoms with Gasteiger partial charge in [0.2, 0.25) is 0 Å². The molecule has 0 aliphatic carbocycles. The van der Waals surface area contributed by atoms with E-state index in [1.807, 2.05) is 0 Å². The molecule has 0 aromatic heterocycles. The van der Waals surface area contributed by atoms with E-state index >= 15 is 0 Å². The lowest BCUT2D eigenvalue weighted by atomic mass is 9.82. The first-order valence-electron chi connectivity index (χ1n) is 6.68. The maximum absolute atomic E-state index is 5.27. The molecule has 1 saturated heterocycles. The van der Waals surface area contributed by atoms with E-state index in [1.165, 1.54) is 19.3 Å².